The lowest BCUT2D eigenvalue weighted by Gasteiger charge is -2.40. The van der Waals surface area contributed by atoms with Crippen molar-refractivity contribution in [3.8, 4) is 6.07 Å². The Labute approximate surface area is 151 Å². The van der Waals surface area contributed by atoms with Crippen LogP contribution in [0.25, 0.3) is 0 Å². The van der Waals surface area contributed by atoms with Crippen LogP contribution in [0.2, 0.25) is 0 Å². The van der Waals surface area contributed by atoms with Crippen LogP contribution in [0.4, 0.5) is 0 Å². The van der Waals surface area contributed by atoms with Gasteiger partial charge in [0.15, 0.2) is 0 Å². The average Bonchev–Trinajstić information content (AvgIpc) is 3.06. The molecule has 0 aromatic heterocycles. The monoisotopic (exact) mass is 359 g/mol. The molecule has 7 nitrogen and oxygen atoms in total. The second kappa shape index (κ2) is 6.38. The van der Waals surface area contributed by atoms with E-state index in [-0.39, 0.29) is 19.3 Å². The molecule has 2 bridgehead atoms. The van der Waals surface area contributed by atoms with Crippen LogP contribution in [0.1, 0.15) is 30.7 Å². The molecule has 1 aromatic rings. The number of ether oxygens (including phenoxy) is 4. The summed E-state index contributed by atoms with van der Waals surface area (Å²) in [5.41, 5.74) is -2.20. The van der Waals surface area contributed by atoms with Crippen LogP contribution in [-0.4, -0.2) is 44.7 Å². The van der Waals surface area contributed by atoms with E-state index in [1.807, 2.05) is 30.3 Å². The third kappa shape index (κ3) is 1.94. The highest BCUT2D eigenvalue weighted by Crippen LogP contribution is 2.70. The van der Waals surface area contributed by atoms with Crippen LogP contribution < -0.4 is 0 Å². The van der Waals surface area contributed by atoms with E-state index in [0.717, 1.165) is 5.56 Å². The number of benzene rings is 1. The zero-order valence-electron chi connectivity index (χ0n) is 15.0. The Kier molecular flexibility index (Phi) is 4.51. The van der Waals surface area contributed by atoms with Crippen molar-refractivity contribution < 1.29 is 28.5 Å². The molecule has 1 aromatic carbocycles. The summed E-state index contributed by atoms with van der Waals surface area (Å²) in [5, 5.41) is 9.15. The Morgan fingerprint density at radius 3 is 2.46 bits per heavy atom. The van der Waals surface area contributed by atoms with Gasteiger partial charge in [0.2, 0.25) is 5.79 Å². The fourth-order valence-electron chi connectivity index (χ4n) is 4.80. The number of carbonyl (C=O) groups is 2. The Morgan fingerprint density at radius 2 is 1.92 bits per heavy atom. The van der Waals surface area contributed by atoms with E-state index in [9.17, 15) is 9.59 Å². The lowest BCUT2D eigenvalue weighted by Crippen LogP contribution is -2.60. The summed E-state index contributed by atoms with van der Waals surface area (Å²) < 4.78 is 21.9. The van der Waals surface area contributed by atoms with E-state index < -0.39 is 34.7 Å². The van der Waals surface area contributed by atoms with Crippen molar-refractivity contribution in [1.82, 2.24) is 0 Å². The molecule has 0 radical (unpaired) electrons. The largest absolute Gasteiger partial charge is 0.466 e. The molecule has 2 aliphatic rings. The maximum atomic E-state index is 13.1. The second-order valence-electron chi connectivity index (χ2n) is 6.53. The zero-order valence-corrected chi connectivity index (χ0v) is 15.0. The summed E-state index contributed by atoms with van der Waals surface area (Å²) in [6.07, 6.45) is 0.384. The van der Waals surface area contributed by atoms with Crippen molar-refractivity contribution in [2.24, 2.45) is 5.41 Å². The van der Waals surface area contributed by atoms with Gasteiger partial charge in [0.05, 0.1) is 13.2 Å². The summed E-state index contributed by atoms with van der Waals surface area (Å²) in [7, 11) is 3.97. The average molecular weight is 359 g/mol. The molecule has 3 rings (SSSR count). The quantitative estimate of drug-likeness (QED) is 0.566. The molecule has 1 heterocycles. The predicted octanol–water partition coefficient (Wildman–Crippen LogP) is 1.92. The fourth-order valence-corrected chi connectivity index (χ4v) is 4.80. The van der Waals surface area contributed by atoms with Crippen molar-refractivity contribution in [1.29, 1.82) is 5.26 Å². The standard InChI is InChI=1S/C19H21NO6/c1-23-16(22)18-12-14(13-8-5-4-6-9-13)17(10-7-11-20,15(21)26-18)19(18,24-2)25-3/h4-6,8-9,14H,7,10,12H2,1-3H3/t14-,17-,18+/m1/s1. The van der Waals surface area contributed by atoms with Crippen LogP contribution in [0.5, 0.6) is 0 Å². The lowest BCUT2D eigenvalue weighted by atomic mass is 9.68. The van der Waals surface area contributed by atoms with Crippen molar-refractivity contribution in [3.05, 3.63) is 35.9 Å². The molecule has 1 saturated carbocycles. The van der Waals surface area contributed by atoms with Gasteiger partial charge in [0.1, 0.15) is 5.41 Å². The molecule has 0 spiro atoms. The van der Waals surface area contributed by atoms with E-state index in [0.29, 0.717) is 0 Å². The molecule has 0 unspecified atom stereocenters. The zero-order chi connectivity index (χ0) is 19.0. The highest BCUT2D eigenvalue weighted by Gasteiger charge is 2.87. The molecule has 1 saturated heterocycles. The van der Waals surface area contributed by atoms with Crippen molar-refractivity contribution in [3.63, 3.8) is 0 Å². The summed E-state index contributed by atoms with van der Waals surface area (Å²) in [6.45, 7) is 0. The minimum absolute atomic E-state index is 0.0875. The molecular formula is C19H21NO6. The molecular weight excluding hydrogens is 338 g/mol. The van der Waals surface area contributed by atoms with Gasteiger partial charge in [-0.05, 0) is 12.0 Å². The number of nitriles is 1. The van der Waals surface area contributed by atoms with Gasteiger partial charge >= 0.3 is 11.9 Å². The predicted molar refractivity (Wildman–Crippen MR) is 88.7 cm³/mol. The topological polar surface area (TPSA) is 94.9 Å². The van der Waals surface area contributed by atoms with Gasteiger partial charge in [-0.3, -0.25) is 4.79 Å². The van der Waals surface area contributed by atoms with E-state index in [4.69, 9.17) is 24.2 Å². The number of esters is 2. The summed E-state index contributed by atoms with van der Waals surface area (Å²) in [4.78, 5) is 25.8. The minimum atomic E-state index is -1.72. The summed E-state index contributed by atoms with van der Waals surface area (Å²) in [5.74, 6) is -3.44. The van der Waals surface area contributed by atoms with Crippen molar-refractivity contribution in [2.75, 3.05) is 21.3 Å². The molecule has 1 aliphatic heterocycles. The van der Waals surface area contributed by atoms with Gasteiger partial charge in [-0.25, -0.2) is 4.79 Å². The molecule has 2 fully saturated rings. The molecule has 0 amide bonds. The third-order valence-corrected chi connectivity index (χ3v) is 5.76. The van der Waals surface area contributed by atoms with E-state index in [1.165, 1.54) is 21.3 Å². The minimum Gasteiger partial charge on any atom is -0.466 e. The van der Waals surface area contributed by atoms with Gasteiger partial charge < -0.3 is 18.9 Å². The van der Waals surface area contributed by atoms with Crippen LogP contribution in [0, 0.1) is 16.7 Å². The summed E-state index contributed by atoms with van der Waals surface area (Å²) in [6, 6.07) is 11.4. The highest BCUT2D eigenvalue weighted by molar-refractivity contribution is 5.96. The first kappa shape index (κ1) is 18.4. The Hall–Kier alpha value is -2.43. The maximum absolute atomic E-state index is 13.1. The number of carbonyl (C=O) groups excluding carboxylic acids is 2. The Balaban J connectivity index is 2.28. The number of fused-ring (bicyclic) bond motifs is 2. The van der Waals surface area contributed by atoms with Gasteiger partial charge in [-0.2, -0.15) is 5.26 Å². The molecule has 1 aliphatic carbocycles. The van der Waals surface area contributed by atoms with Crippen LogP contribution in [0.3, 0.4) is 0 Å². The van der Waals surface area contributed by atoms with Gasteiger partial charge in [0, 0.05) is 33.0 Å². The molecule has 138 valence electrons. The maximum Gasteiger partial charge on any atom is 0.356 e. The molecule has 7 heteroatoms. The number of rotatable bonds is 6. The number of hydrogen-bond acceptors (Lipinski definition) is 7. The van der Waals surface area contributed by atoms with Gasteiger partial charge in [-0.15, -0.1) is 0 Å². The van der Waals surface area contributed by atoms with Gasteiger partial charge in [0.25, 0.3) is 5.60 Å². The molecule has 26 heavy (non-hydrogen) atoms. The Bertz CT molecular complexity index is 753. The first-order valence-electron chi connectivity index (χ1n) is 8.33. The van der Waals surface area contributed by atoms with Gasteiger partial charge in [-0.1, -0.05) is 30.3 Å². The SMILES string of the molecule is COC(=O)[C@]12C[C@H](c3ccccc3)[C@](CCC#N)(C(=O)O1)C2(OC)OC. The Morgan fingerprint density at radius 1 is 1.27 bits per heavy atom. The van der Waals surface area contributed by atoms with Crippen LogP contribution >= 0.6 is 0 Å². The van der Waals surface area contributed by atoms with E-state index in [1.54, 1.807) is 0 Å². The first-order valence-corrected chi connectivity index (χ1v) is 8.33. The van der Waals surface area contributed by atoms with Crippen molar-refractivity contribution in [2.45, 2.75) is 36.6 Å². The van der Waals surface area contributed by atoms with Crippen LogP contribution in [0.15, 0.2) is 30.3 Å². The lowest BCUT2D eigenvalue weighted by molar-refractivity contribution is -0.287. The third-order valence-electron chi connectivity index (χ3n) is 5.76. The van der Waals surface area contributed by atoms with Crippen molar-refractivity contribution >= 4 is 11.9 Å². The van der Waals surface area contributed by atoms with Crippen LogP contribution in [-0.2, 0) is 28.5 Å². The molecule has 3 atom stereocenters. The highest BCUT2D eigenvalue weighted by atomic mass is 16.7. The number of nitrogens with zero attached hydrogens (tertiary/aromatic N) is 1. The van der Waals surface area contributed by atoms with E-state index in [2.05, 4.69) is 6.07 Å². The normalized spacial score (nSPS) is 31.3. The smallest absolute Gasteiger partial charge is 0.356 e. The summed E-state index contributed by atoms with van der Waals surface area (Å²) >= 11 is 0. The van der Waals surface area contributed by atoms with E-state index >= 15 is 0 Å². The second-order valence-corrected chi connectivity index (χ2v) is 6.53. The first-order chi connectivity index (χ1) is 12.5. The number of methoxy groups -OCH3 is 3. The number of hydrogen-bond donors (Lipinski definition) is 0. The molecule has 0 N–H and O–H groups in total. The fraction of sp³-hybridized carbons (Fsp3) is 0.526.